The van der Waals surface area contributed by atoms with Crippen LogP contribution >= 0.6 is 0 Å². The second-order valence-corrected chi connectivity index (χ2v) is 8.20. The van der Waals surface area contributed by atoms with Gasteiger partial charge in [-0.2, -0.15) is 0 Å². The highest BCUT2D eigenvalue weighted by Crippen LogP contribution is 2.52. The van der Waals surface area contributed by atoms with Crippen LogP contribution in [0.4, 0.5) is 11.4 Å². The number of rotatable bonds is 5. The third kappa shape index (κ3) is 3.53. The van der Waals surface area contributed by atoms with Gasteiger partial charge in [0.05, 0.1) is 30.1 Å². The van der Waals surface area contributed by atoms with Gasteiger partial charge in [0.2, 0.25) is 0 Å². The van der Waals surface area contributed by atoms with Crippen LogP contribution in [0.1, 0.15) is 58.8 Å². The van der Waals surface area contributed by atoms with Gasteiger partial charge in [0.25, 0.3) is 0 Å². The van der Waals surface area contributed by atoms with Crippen molar-refractivity contribution in [2.75, 3.05) is 18.1 Å². The number of ether oxygens (including phenoxy) is 2. The number of para-hydroxylation sites is 2. The lowest BCUT2D eigenvalue weighted by atomic mass is 9.78. The molecule has 2 saturated carbocycles. The molecular formula is C24H30N2O4. The van der Waals surface area contributed by atoms with Crippen LogP contribution in [0, 0.1) is 5.92 Å². The molecule has 0 radical (unpaired) electrons. The van der Waals surface area contributed by atoms with Gasteiger partial charge in [-0.1, -0.05) is 25.0 Å². The fourth-order valence-electron chi connectivity index (χ4n) is 5.38. The van der Waals surface area contributed by atoms with E-state index in [-0.39, 0.29) is 24.3 Å². The quantitative estimate of drug-likeness (QED) is 0.305. The van der Waals surface area contributed by atoms with Gasteiger partial charge in [0.1, 0.15) is 0 Å². The Hall–Kier alpha value is -2.63. The number of nitrogens with zero attached hydrogens (tertiary/aromatic N) is 2. The van der Waals surface area contributed by atoms with Crippen molar-refractivity contribution >= 4 is 29.0 Å². The molecule has 1 atom stereocenters. The van der Waals surface area contributed by atoms with Crippen molar-refractivity contribution in [3.8, 4) is 0 Å². The van der Waals surface area contributed by atoms with E-state index in [9.17, 15) is 9.59 Å². The third-order valence-corrected chi connectivity index (χ3v) is 6.58. The molecule has 0 amide bonds. The first kappa shape index (κ1) is 20.6. The minimum atomic E-state index is -0.640. The monoisotopic (exact) mass is 410 g/mol. The highest BCUT2D eigenvalue weighted by atomic mass is 16.6. The first-order valence-electron chi connectivity index (χ1n) is 11.1. The number of hydrogen-bond acceptors (Lipinski definition) is 6. The van der Waals surface area contributed by atoms with Crippen LogP contribution in [0.5, 0.6) is 0 Å². The Morgan fingerprint density at radius 1 is 1.10 bits per heavy atom. The number of fused-ring (bicyclic) bond motifs is 3. The molecule has 3 aliphatic rings. The normalized spacial score (nSPS) is 21.3. The molecule has 0 bridgehead atoms. The summed E-state index contributed by atoms with van der Waals surface area (Å²) in [5, 5.41) is 0. The summed E-state index contributed by atoms with van der Waals surface area (Å²) in [7, 11) is 0. The SMILES string of the molecule is CCOC(=O)C(=CN1c2ccccc2N=C2CCCC2C12CCCC2)C(=O)OCC. The molecule has 2 fully saturated rings. The van der Waals surface area contributed by atoms with Gasteiger partial charge in [-0.25, -0.2) is 9.59 Å². The Morgan fingerprint density at radius 2 is 1.77 bits per heavy atom. The van der Waals surface area contributed by atoms with Crippen LogP contribution in [0.15, 0.2) is 41.0 Å². The van der Waals surface area contributed by atoms with E-state index in [2.05, 4.69) is 4.90 Å². The molecule has 1 aromatic rings. The van der Waals surface area contributed by atoms with Crippen LogP contribution in [0.3, 0.4) is 0 Å². The number of carbonyl (C=O) groups excluding carboxylic acids is 2. The Balaban J connectivity index is 1.89. The van der Waals surface area contributed by atoms with Crippen molar-refractivity contribution in [3.05, 3.63) is 36.0 Å². The highest BCUT2D eigenvalue weighted by Gasteiger charge is 2.51. The molecule has 1 aromatic carbocycles. The van der Waals surface area contributed by atoms with Gasteiger partial charge in [0.15, 0.2) is 5.57 Å². The standard InChI is InChI=1S/C24H30N2O4/c1-3-29-22(27)17(23(28)30-4-2)16-26-21-13-6-5-11-20(21)25-19-12-9-10-18(19)24(26)14-7-8-15-24/h5-6,11,13,16,18H,3-4,7-10,12,14-15H2,1-2H3. The molecule has 0 N–H and O–H groups in total. The summed E-state index contributed by atoms with van der Waals surface area (Å²) in [6.07, 6.45) is 9.21. The van der Waals surface area contributed by atoms with Gasteiger partial charge in [-0.15, -0.1) is 0 Å². The summed E-state index contributed by atoms with van der Waals surface area (Å²) < 4.78 is 10.4. The van der Waals surface area contributed by atoms with E-state index in [4.69, 9.17) is 14.5 Å². The van der Waals surface area contributed by atoms with E-state index in [1.807, 2.05) is 24.3 Å². The van der Waals surface area contributed by atoms with E-state index in [1.165, 1.54) is 5.71 Å². The smallest absolute Gasteiger partial charge is 0.347 e. The third-order valence-electron chi connectivity index (χ3n) is 6.58. The van der Waals surface area contributed by atoms with Crippen LogP contribution in [-0.2, 0) is 19.1 Å². The minimum absolute atomic E-state index is 0.0544. The maximum atomic E-state index is 12.7. The molecule has 4 rings (SSSR count). The zero-order chi connectivity index (χ0) is 21.1. The van der Waals surface area contributed by atoms with E-state index in [1.54, 1.807) is 20.0 Å². The molecule has 6 nitrogen and oxygen atoms in total. The molecule has 1 aliphatic heterocycles. The van der Waals surface area contributed by atoms with Crippen molar-refractivity contribution in [1.29, 1.82) is 0 Å². The van der Waals surface area contributed by atoms with Crippen molar-refractivity contribution in [3.63, 3.8) is 0 Å². The van der Waals surface area contributed by atoms with Crippen LogP contribution in [0.2, 0.25) is 0 Å². The predicted molar refractivity (Wildman–Crippen MR) is 116 cm³/mol. The number of anilines is 1. The largest absolute Gasteiger partial charge is 0.462 e. The molecule has 1 spiro atoms. The molecule has 0 aromatic heterocycles. The van der Waals surface area contributed by atoms with Gasteiger partial charge >= 0.3 is 11.9 Å². The summed E-state index contributed by atoms with van der Waals surface area (Å²) in [4.78, 5) is 32.7. The maximum Gasteiger partial charge on any atom is 0.347 e. The summed E-state index contributed by atoms with van der Waals surface area (Å²) >= 11 is 0. The van der Waals surface area contributed by atoms with E-state index in [0.29, 0.717) is 5.92 Å². The minimum Gasteiger partial charge on any atom is -0.462 e. The lowest BCUT2D eigenvalue weighted by molar-refractivity contribution is -0.146. The molecule has 1 heterocycles. The molecular weight excluding hydrogens is 380 g/mol. The van der Waals surface area contributed by atoms with E-state index < -0.39 is 11.9 Å². The fourth-order valence-corrected chi connectivity index (χ4v) is 5.38. The maximum absolute atomic E-state index is 12.7. The lowest BCUT2D eigenvalue weighted by Gasteiger charge is -2.44. The summed E-state index contributed by atoms with van der Waals surface area (Å²) in [6, 6.07) is 8.02. The zero-order valence-corrected chi connectivity index (χ0v) is 17.9. The Kier molecular flexibility index (Phi) is 5.93. The first-order valence-corrected chi connectivity index (χ1v) is 11.1. The summed E-state index contributed by atoms with van der Waals surface area (Å²) in [5.74, 6) is -0.953. The predicted octanol–water partition coefficient (Wildman–Crippen LogP) is 4.70. The second-order valence-electron chi connectivity index (χ2n) is 8.20. The van der Waals surface area contributed by atoms with Crippen LogP contribution < -0.4 is 4.90 Å². The zero-order valence-electron chi connectivity index (χ0n) is 17.9. The molecule has 1 unspecified atom stereocenters. The summed E-state index contributed by atoms with van der Waals surface area (Å²) in [6.45, 7) is 3.87. The van der Waals surface area contributed by atoms with Gasteiger partial charge in [-0.05, 0) is 58.1 Å². The van der Waals surface area contributed by atoms with Gasteiger partial charge in [-0.3, -0.25) is 4.99 Å². The first-order chi connectivity index (χ1) is 14.6. The van der Waals surface area contributed by atoms with Crippen molar-refractivity contribution < 1.29 is 19.1 Å². The van der Waals surface area contributed by atoms with Crippen molar-refractivity contribution in [2.24, 2.45) is 10.9 Å². The Labute approximate surface area is 177 Å². The summed E-state index contributed by atoms with van der Waals surface area (Å²) in [5.41, 5.74) is 2.86. The average Bonchev–Trinajstić information content (AvgIpc) is 3.38. The molecule has 160 valence electrons. The van der Waals surface area contributed by atoms with Gasteiger partial charge in [0, 0.05) is 17.8 Å². The van der Waals surface area contributed by atoms with E-state index in [0.717, 1.165) is 56.3 Å². The molecule has 6 heteroatoms. The molecule has 2 aliphatic carbocycles. The molecule has 30 heavy (non-hydrogen) atoms. The Bertz CT molecular complexity index is 863. The van der Waals surface area contributed by atoms with Crippen molar-refractivity contribution in [1.82, 2.24) is 0 Å². The second kappa shape index (κ2) is 8.62. The number of hydrogen-bond donors (Lipinski definition) is 0. The van der Waals surface area contributed by atoms with Crippen LogP contribution in [0.25, 0.3) is 0 Å². The lowest BCUT2D eigenvalue weighted by Crippen LogP contribution is -2.51. The number of carbonyl (C=O) groups is 2. The van der Waals surface area contributed by atoms with Gasteiger partial charge < -0.3 is 14.4 Å². The fraction of sp³-hybridized carbons (Fsp3) is 0.542. The highest BCUT2D eigenvalue weighted by molar-refractivity contribution is 6.14. The van der Waals surface area contributed by atoms with Crippen LogP contribution in [-0.4, -0.2) is 36.4 Å². The van der Waals surface area contributed by atoms with Crippen molar-refractivity contribution in [2.45, 2.75) is 64.3 Å². The topological polar surface area (TPSA) is 68.2 Å². The average molecular weight is 411 g/mol. The number of aliphatic imine (C=N–C) groups is 1. The van der Waals surface area contributed by atoms with E-state index >= 15 is 0 Å². The number of benzene rings is 1. The number of esters is 2. The molecule has 0 saturated heterocycles. The Morgan fingerprint density at radius 3 is 2.43 bits per heavy atom.